The fraction of sp³-hybridized carbons (Fsp3) is 0.636. The van der Waals surface area contributed by atoms with Crippen molar-refractivity contribution in [2.24, 2.45) is 7.05 Å². The number of aliphatic hydroxyl groups is 1. The van der Waals surface area contributed by atoms with Crippen molar-refractivity contribution in [2.75, 3.05) is 13.1 Å². The van der Waals surface area contributed by atoms with Gasteiger partial charge in [-0.2, -0.15) is 5.10 Å². The molecule has 5 heteroatoms. The smallest absolute Gasteiger partial charge is 0.257 e. The Morgan fingerprint density at radius 2 is 2.31 bits per heavy atom. The van der Waals surface area contributed by atoms with Gasteiger partial charge in [-0.1, -0.05) is 0 Å². The van der Waals surface area contributed by atoms with E-state index in [-0.39, 0.29) is 5.91 Å². The third-order valence-electron chi connectivity index (χ3n) is 2.98. The van der Waals surface area contributed by atoms with Crippen LogP contribution >= 0.6 is 0 Å². The zero-order valence-corrected chi connectivity index (χ0v) is 9.90. The predicted molar refractivity (Wildman–Crippen MR) is 59.1 cm³/mol. The van der Waals surface area contributed by atoms with Crippen LogP contribution < -0.4 is 0 Å². The van der Waals surface area contributed by atoms with Gasteiger partial charge in [0.25, 0.3) is 5.91 Å². The Labute approximate surface area is 94.7 Å². The summed E-state index contributed by atoms with van der Waals surface area (Å²) in [6, 6.07) is 0. The zero-order chi connectivity index (χ0) is 11.9. The summed E-state index contributed by atoms with van der Waals surface area (Å²) in [5.74, 6) is -0.0385. The number of hydrogen-bond donors (Lipinski definition) is 1. The molecule has 1 aromatic heterocycles. The first-order valence-corrected chi connectivity index (χ1v) is 5.41. The molecule has 1 fully saturated rings. The Morgan fingerprint density at radius 3 is 2.75 bits per heavy atom. The van der Waals surface area contributed by atoms with Crippen molar-refractivity contribution in [3.05, 3.63) is 17.5 Å². The van der Waals surface area contributed by atoms with Crippen molar-refractivity contribution in [3.63, 3.8) is 0 Å². The molecule has 1 aromatic rings. The van der Waals surface area contributed by atoms with E-state index >= 15 is 0 Å². The third kappa shape index (κ3) is 1.95. The second kappa shape index (κ2) is 3.59. The number of likely N-dealkylation sites (tertiary alicyclic amines) is 1. The molecule has 1 saturated heterocycles. The van der Waals surface area contributed by atoms with Crippen LogP contribution in [0, 0.1) is 6.92 Å². The second-order valence-electron chi connectivity index (χ2n) is 4.78. The number of amides is 1. The molecule has 5 nitrogen and oxygen atoms in total. The molecule has 1 N–H and O–H groups in total. The van der Waals surface area contributed by atoms with Crippen LogP contribution in [-0.2, 0) is 7.05 Å². The van der Waals surface area contributed by atoms with Crippen LogP contribution in [0.4, 0.5) is 0 Å². The first kappa shape index (κ1) is 11.1. The van der Waals surface area contributed by atoms with Crippen LogP contribution in [0.2, 0.25) is 0 Å². The summed E-state index contributed by atoms with van der Waals surface area (Å²) in [5, 5.41) is 14.0. The molecule has 0 radical (unpaired) electrons. The number of carbonyl (C=O) groups is 1. The van der Waals surface area contributed by atoms with Gasteiger partial charge in [-0.15, -0.1) is 0 Å². The molecule has 1 aliphatic heterocycles. The Hall–Kier alpha value is -1.36. The lowest BCUT2D eigenvalue weighted by atomic mass is 10.1. The predicted octanol–water partition coefficient (Wildman–Crippen LogP) is 0.325. The highest BCUT2D eigenvalue weighted by atomic mass is 16.3. The lowest BCUT2D eigenvalue weighted by Crippen LogP contribution is -2.34. The minimum absolute atomic E-state index is 0.0385. The average Bonchev–Trinajstić information content (AvgIpc) is 2.68. The van der Waals surface area contributed by atoms with Crippen LogP contribution in [0.3, 0.4) is 0 Å². The summed E-state index contributed by atoms with van der Waals surface area (Å²) < 4.78 is 1.64. The number of carbonyl (C=O) groups excluding carboxylic acids is 1. The van der Waals surface area contributed by atoms with Gasteiger partial charge in [0, 0.05) is 26.3 Å². The van der Waals surface area contributed by atoms with Crippen molar-refractivity contribution in [1.29, 1.82) is 0 Å². The molecule has 0 bridgehead atoms. The van der Waals surface area contributed by atoms with Crippen LogP contribution in [0.15, 0.2) is 6.20 Å². The lowest BCUT2D eigenvalue weighted by Gasteiger charge is -2.18. The van der Waals surface area contributed by atoms with Crippen molar-refractivity contribution < 1.29 is 9.90 Å². The molecule has 1 atom stereocenters. The molecule has 1 unspecified atom stereocenters. The lowest BCUT2D eigenvalue weighted by molar-refractivity contribution is 0.0571. The number of rotatable bonds is 1. The van der Waals surface area contributed by atoms with E-state index in [0.717, 1.165) is 5.69 Å². The molecule has 16 heavy (non-hydrogen) atoms. The van der Waals surface area contributed by atoms with E-state index in [1.165, 1.54) is 0 Å². The van der Waals surface area contributed by atoms with E-state index in [1.54, 1.807) is 29.7 Å². The normalized spacial score (nSPS) is 25.1. The van der Waals surface area contributed by atoms with E-state index in [1.807, 2.05) is 6.92 Å². The summed E-state index contributed by atoms with van der Waals surface area (Å²) in [5.41, 5.74) is 0.616. The van der Waals surface area contributed by atoms with E-state index in [4.69, 9.17) is 0 Å². The van der Waals surface area contributed by atoms with E-state index in [9.17, 15) is 9.90 Å². The average molecular weight is 223 g/mol. The molecule has 2 rings (SSSR count). The fourth-order valence-corrected chi connectivity index (χ4v) is 2.10. The second-order valence-corrected chi connectivity index (χ2v) is 4.78. The Balaban J connectivity index is 2.18. The largest absolute Gasteiger partial charge is 0.388 e. The van der Waals surface area contributed by atoms with Gasteiger partial charge in [0.1, 0.15) is 0 Å². The van der Waals surface area contributed by atoms with Gasteiger partial charge >= 0.3 is 0 Å². The van der Waals surface area contributed by atoms with E-state index < -0.39 is 5.60 Å². The topological polar surface area (TPSA) is 58.4 Å². The summed E-state index contributed by atoms with van der Waals surface area (Å²) in [4.78, 5) is 13.8. The number of nitrogens with zero attached hydrogens (tertiary/aromatic N) is 3. The monoisotopic (exact) mass is 223 g/mol. The van der Waals surface area contributed by atoms with E-state index in [0.29, 0.717) is 25.1 Å². The van der Waals surface area contributed by atoms with Gasteiger partial charge in [-0.3, -0.25) is 9.48 Å². The van der Waals surface area contributed by atoms with Crippen LogP contribution in [0.5, 0.6) is 0 Å². The van der Waals surface area contributed by atoms with Gasteiger partial charge in [0.15, 0.2) is 0 Å². The molecule has 0 aliphatic carbocycles. The molecule has 1 amide bonds. The molecular weight excluding hydrogens is 206 g/mol. The number of aromatic nitrogens is 2. The molecule has 88 valence electrons. The van der Waals surface area contributed by atoms with Gasteiger partial charge in [-0.05, 0) is 20.3 Å². The maximum absolute atomic E-state index is 12.1. The van der Waals surface area contributed by atoms with Crippen molar-refractivity contribution in [2.45, 2.75) is 25.9 Å². The third-order valence-corrected chi connectivity index (χ3v) is 2.98. The van der Waals surface area contributed by atoms with Gasteiger partial charge < -0.3 is 10.0 Å². The highest BCUT2D eigenvalue weighted by Crippen LogP contribution is 2.22. The number of β-amino-alcohol motifs (C(OH)–C–C–N with tert-alkyl or cyclic N) is 1. The summed E-state index contributed by atoms with van der Waals surface area (Å²) in [6.45, 7) is 4.60. The minimum Gasteiger partial charge on any atom is -0.388 e. The Kier molecular flexibility index (Phi) is 2.50. The van der Waals surface area contributed by atoms with Crippen molar-refractivity contribution in [3.8, 4) is 0 Å². The molecule has 1 aliphatic rings. The fourth-order valence-electron chi connectivity index (χ4n) is 2.10. The first-order valence-electron chi connectivity index (χ1n) is 5.41. The molecule has 0 spiro atoms. The van der Waals surface area contributed by atoms with Gasteiger partial charge in [0.05, 0.1) is 16.9 Å². The van der Waals surface area contributed by atoms with Gasteiger partial charge in [0.2, 0.25) is 0 Å². The van der Waals surface area contributed by atoms with Crippen molar-refractivity contribution in [1.82, 2.24) is 14.7 Å². The SMILES string of the molecule is Cc1nn(C)cc1C(=O)N1CCC(C)(O)C1. The highest BCUT2D eigenvalue weighted by molar-refractivity contribution is 5.95. The first-order chi connectivity index (χ1) is 7.39. The van der Waals surface area contributed by atoms with Crippen LogP contribution in [-0.4, -0.2) is 44.4 Å². The maximum atomic E-state index is 12.1. The molecule has 0 aromatic carbocycles. The molecular formula is C11H17N3O2. The van der Waals surface area contributed by atoms with Crippen molar-refractivity contribution >= 4 is 5.91 Å². The quantitative estimate of drug-likeness (QED) is 0.746. The minimum atomic E-state index is -0.744. The van der Waals surface area contributed by atoms with Crippen LogP contribution in [0.25, 0.3) is 0 Å². The standard InChI is InChI=1S/C11H17N3O2/c1-8-9(6-13(3)12-8)10(15)14-5-4-11(2,16)7-14/h6,16H,4-5,7H2,1-3H3. The Morgan fingerprint density at radius 1 is 1.62 bits per heavy atom. The maximum Gasteiger partial charge on any atom is 0.257 e. The van der Waals surface area contributed by atoms with Crippen LogP contribution in [0.1, 0.15) is 29.4 Å². The summed E-state index contributed by atoms with van der Waals surface area (Å²) >= 11 is 0. The molecule has 2 heterocycles. The Bertz CT molecular complexity index is 423. The zero-order valence-electron chi connectivity index (χ0n) is 9.90. The summed E-state index contributed by atoms with van der Waals surface area (Å²) in [7, 11) is 1.80. The highest BCUT2D eigenvalue weighted by Gasteiger charge is 2.35. The number of hydrogen-bond acceptors (Lipinski definition) is 3. The molecule has 0 saturated carbocycles. The van der Waals surface area contributed by atoms with Gasteiger partial charge in [-0.25, -0.2) is 0 Å². The number of aryl methyl sites for hydroxylation is 2. The van der Waals surface area contributed by atoms with E-state index in [2.05, 4.69) is 5.10 Å². The summed E-state index contributed by atoms with van der Waals surface area (Å²) in [6.07, 6.45) is 2.36.